The van der Waals surface area contributed by atoms with Crippen LogP contribution >= 0.6 is 24.0 Å². The Morgan fingerprint density at radius 3 is 2.58 bits per heavy atom. The molecular weight excluding hydrogens is 448 g/mol. The standard InChI is InChI=1S/C18H26FN5O.HI/c1-4-20-18(22-12-14-7-9-15(19)10-8-14)21-11-5-6-16-23-17(13(2)3)24-25-16;/h7-10,13H,4-6,11-12H2,1-3H3,(H2,20,21,22);1H. The maximum Gasteiger partial charge on any atom is 0.226 e. The van der Waals surface area contributed by atoms with Gasteiger partial charge in [0.15, 0.2) is 11.8 Å². The topological polar surface area (TPSA) is 75.3 Å². The van der Waals surface area contributed by atoms with Gasteiger partial charge >= 0.3 is 0 Å². The highest BCUT2D eigenvalue weighted by atomic mass is 127. The zero-order chi connectivity index (χ0) is 18.1. The Balaban J connectivity index is 0.00000338. The molecule has 0 atom stereocenters. The first-order valence-electron chi connectivity index (χ1n) is 8.67. The third kappa shape index (κ3) is 7.67. The van der Waals surface area contributed by atoms with Crippen molar-refractivity contribution in [1.29, 1.82) is 0 Å². The van der Waals surface area contributed by atoms with E-state index in [0.29, 0.717) is 12.4 Å². The van der Waals surface area contributed by atoms with E-state index >= 15 is 0 Å². The van der Waals surface area contributed by atoms with Gasteiger partial charge in [0.1, 0.15) is 5.82 Å². The van der Waals surface area contributed by atoms with Crippen molar-refractivity contribution < 1.29 is 8.91 Å². The van der Waals surface area contributed by atoms with Crippen LogP contribution in [0.2, 0.25) is 0 Å². The first kappa shape index (κ1) is 22.3. The molecule has 0 spiro atoms. The summed E-state index contributed by atoms with van der Waals surface area (Å²) in [6.45, 7) is 8.11. The van der Waals surface area contributed by atoms with Crippen LogP contribution in [0.15, 0.2) is 33.8 Å². The van der Waals surface area contributed by atoms with E-state index in [9.17, 15) is 4.39 Å². The van der Waals surface area contributed by atoms with Crippen molar-refractivity contribution in [2.45, 2.75) is 46.1 Å². The van der Waals surface area contributed by atoms with Gasteiger partial charge in [0.2, 0.25) is 5.89 Å². The SMILES string of the molecule is CCNC(=NCc1ccc(F)cc1)NCCCc1nc(C(C)C)no1.I. The van der Waals surface area contributed by atoms with Crippen LogP contribution in [0.4, 0.5) is 4.39 Å². The Morgan fingerprint density at radius 2 is 1.96 bits per heavy atom. The van der Waals surface area contributed by atoms with Gasteiger partial charge in [0, 0.05) is 25.4 Å². The van der Waals surface area contributed by atoms with Crippen LogP contribution in [-0.2, 0) is 13.0 Å². The van der Waals surface area contributed by atoms with Crippen LogP contribution in [0.25, 0.3) is 0 Å². The summed E-state index contributed by atoms with van der Waals surface area (Å²) >= 11 is 0. The van der Waals surface area contributed by atoms with Gasteiger partial charge in [0.25, 0.3) is 0 Å². The van der Waals surface area contributed by atoms with Gasteiger partial charge < -0.3 is 15.2 Å². The Bertz CT molecular complexity index is 672. The number of benzene rings is 1. The van der Waals surface area contributed by atoms with Crippen molar-refractivity contribution in [3.63, 3.8) is 0 Å². The molecule has 0 amide bonds. The van der Waals surface area contributed by atoms with E-state index in [1.807, 2.05) is 20.8 Å². The number of guanidine groups is 1. The van der Waals surface area contributed by atoms with E-state index in [1.54, 1.807) is 12.1 Å². The molecule has 0 unspecified atom stereocenters. The summed E-state index contributed by atoms with van der Waals surface area (Å²) in [4.78, 5) is 8.87. The lowest BCUT2D eigenvalue weighted by molar-refractivity contribution is 0.368. The van der Waals surface area contributed by atoms with E-state index in [0.717, 1.165) is 43.3 Å². The van der Waals surface area contributed by atoms with E-state index in [-0.39, 0.29) is 35.7 Å². The predicted molar refractivity (Wildman–Crippen MR) is 111 cm³/mol. The molecule has 26 heavy (non-hydrogen) atoms. The average Bonchev–Trinajstić information content (AvgIpc) is 3.07. The highest BCUT2D eigenvalue weighted by Gasteiger charge is 2.09. The molecule has 1 aromatic carbocycles. The van der Waals surface area contributed by atoms with Gasteiger partial charge in [-0.3, -0.25) is 0 Å². The molecule has 0 aliphatic heterocycles. The minimum atomic E-state index is -0.237. The van der Waals surface area contributed by atoms with Crippen LogP contribution in [0.5, 0.6) is 0 Å². The molecular formula is C18H27FIN5O. The molecule has 0 radical (unpaired) electrons. The fourth-order valence-electron chi connectivity index (χ4n) is 2.15. The third-order valence-corrected chi connectivity index (χ3v) is 3.54. The summed E-state index contributed by atoms with van der Waals surface area (Å²) in [5.41, 5.74) is 0.964. The Morgan fingerprint density at radius 1 is 1.23 bits per heavy atom. The van der Waals surface area contributed by atoms with E-state index in [4.69, 9.17) is 4.52 Å². The molecule has 0 aliphatic rings. The fraction of sp³-hybridized carbons (Fsp3) is 0.500. The molecule has 1 aromatic heterocycles. The van der Waals surface area contributed by atoms with Gasteiger partial charge in [-0.2, -0.15) is 4.98 Å². The molecule has 2 aromatic rings. The summed E-state index contributed by atoms with van der Waals surface area (Å²) in [7, 11) is 0. The average molecular weight is 475 g/mol. The lowest BCUT2D eigenvalue weighted by atomic mass is 10.2. The van der Waals surface area contributed by atoms with Gasteiger partial charge in [-0.25, -0.2) is 9.38 Å². The lowest BCUT2D eigenvalue weighted by Crippen LogP contribution is -2.37. The Kier molecular flexibility index (Phi) is 10.2. The van der Waals surface area contributed by atoms with E-state index < -0.39 is 0 Å². The number of nitrogens with one attached hydrogen (secondary N) is 2. The summed E-state index contributed by atoms with van der Waals surface area (Å²) in [6.07, 6.45) is 1.59. The molecule has 2 rings (SSSR count). The third-order valence-electron chi connectivity index (χ3n) is 3.54. The van der Waals surface area contributed by atoms with Crippen LogP contribution in [0.1, 0.15) is 50.4 Å². The second kappa shape index (κ2) is 11.8. The predicted octanol–water partition coefficient (Wildman–Crippen LogP) is 3.64. The summed E-state index contributed by atoms with van der Waals surface area (Å²) in [6, 6.07) is 6.37. The fourth-order valence-corrected chi connectivity index (χ4v) is 2.15. The van der Waals surface area contributed by atoms with Crippen molar-refractivity contribution in [2.75, 3.05) is 13.1 Å². The molecule has 0 bridgehead atoms. The molecule has 1 heterocycles. The monoisotopic (exact) mass is 475 g/mol. The normalized spacial score (nSPS) is 11.3. The van der Waals surface area contributed by atoms with Crippen molar-refractivity contribution >= 4 is 29.9 Å². The zero-order valence-electron chi connectivity index (χ0n) is 15.5. The number of aryl methyl sites for hydroxylation is 1. The van der Waals surface area contributed by atoms with Crippen molar-refractivity contribution in [2.24, 2.45) is 4.99 Å². The second-order valence-electron chi connectivity index (χ2n) is 6.05. The Labute approximate surface area is 171 Å². The van der Waals surface area contributed by atoms with Gasteiger partial charge in [-0.05, 0) is 31.0 Å². The van der Waals surface area contributed by atoms with Crippen LogP contribution in [0.3, 0.4) is 0 Å². The number of halogens is 2. The molecule has 6 nitrogen and oxygen atoms in total. The molecule has 144 valence electrons. The number of rotatable bonds is 8. The zero-order valence-corrected chi connectivity index (χ0v) is 17.8. The molecule has 2 N–H and O–H groups in total. The first-order chi connectivity index (χ1) is 12.1. The first-order valence-corrected chi connectivity index (χ1v) is 8.67. The number of hydrogen-bond donors (Lipinski definition) is 2. The summed E-state index contributed by atoms with van der Waals surface area (Å²) in [5, 5.41) is 10.4. The van der Waals surface area contributed by atoms with Crippen molar-refractivity contribution in [3.05, 3.63) is 47.4 Å². The smallest absolute Gasteiger partial charge is 0.226 e. The quantitative estimate of drug-likeness (QED) is 0.264. The number of hydrogen-bond acceptors (Lipinski definition) is 4. The highest BCUT2D eigenvalue weighted by molar-refractivity contribution is 14.0. The maximum atomic E-state index is 12.9. The highest BCUT2D eigenvalue weighted by Crippen LogP contribution is 2.10. The molecule has 0 saturated carbocycles. The number of aromatic nitrogens is 2. The molecule has 0 aliphatic carbocycles. The summed E-state index contributed by atoms with van der Waals surface area (Å²) in [5.74, 6) is 2.19. The van der Waals surface area contributed by atoms with Crippen molar-refractivity contribution in [3.8, 4) is 0 Å². The van der Waals surface area contributed by atoms with Gasteiger partial charge in [0.05, 0.1) is 6.54 Å². The number of nitrogens with zero attached hydrogens (tertiary/aromatic N) is 3. The molecule has 8 heteroatoms. The second-order valence-corrected chi connectivity index (χ2v) is 6.05. The van der Waals surface area contributed by atoms with Crippen molar-refractivity contribution in [1.82, 2.24) is 20.8 Å². The largest absolute Gasteiger partial charge is 0.357 e. The minimum Gasteiger partial charge on any atom is -0.357 e. The van der Waals surface area contributed by atoms with E-state index in [1.165, 1.54) is 12.1 Å². The molecule has 0 saturated heterocycles. The Hall–Kier alpha value is -1.71. The van der Waals surface area contributed by atoms with Crippen LogP contribution in [-0.4, -0.2) is 29.2 Å². The van der Waals surface area contributed by atoms with Crippen LogP contribution < -0.4 is 10.6 Å². The maximum absolute atomic E-state index is 12.9. The van der Waals surface area contributed by atoms with E-state index in [2.05, 4.69) is 25.8 Å². The van der Waals surface area contributed by atoms with Gasteiger partial charge in [-0.1, -0.05) is 31.1 Å². The summed E-state index contributed by atoms with van der Waals surface area (Å²) < 4.78 is 18.1. The van der Waals surface area contributed by atoms with Crippen LogP contribution in [0, 0.1) is 5.82 Å². The van der Waals surface area contributed by atoms with Gasteiger partial charge in [-0.15, -0.1) is 24.0 Å². The number of aliphatic imine (C=N–C) groups is 1. The lowest BCUT2D eigenvalue weighted by Gasteiger charge is -2.10. The molecule has 0 fully saturated rings. The minimum absolute atomic E-state index is 0.